The number of rotatable bonds is 49. The molecular formula is C56H107N3O6. The second-order valence-corrected chi connectivity index (χ2v) is 19.8. The summed E-state index contributed by atoms with van der Waals surface area (Å²) in [5.41, 5.74) is -0.822. The van der Waals surface area contributed by atoms with Crippen LogP contribution in [0.25, 0.3) is 0 Å². The number of carbonyl (C=O) groups excluding carboxylic acids is 3. The van der Waals surface area contributed by atoms with Gasteiger partial charge in [0.1, 0.15) is 5.54 Å². The van der Waals surface area contributed by atoms with Crippen molar-refractivity contribution in [1.82, 2.24) is 15.1 Å². The number of aliphatic hydroxyl groups excluding tert-OH is 2. The van der Waals surface area contributed by atoms with Crippen LogP contribution >= 0.6 is 0 Å². The van der Waals surface area contributed by atoms with Crippen LogP contribution in [-0.4, -0.2) is 95.9 Å². The van der Waals surface area contributed by atoms with Gasteiger partial charge in [0.15, 0.2) is 0 Å². The number of aliphatic hydroxyl groups is 2. The molecule has 0 radical (unpaired) electrons. The largest absolute Gasteiger partial charge is 0.465 e. The molecule has 0 heterocycles. The molecule has 1 fully saturated rings. The van der Waals surface area contributed by atoms with E-state index in [1.807, 2.05) is 9.80 Å². The predicted octanol–water partition coefficient (Wildman–Crippen LogP) is 13.6. The van der Waals surface area contributed by atoms with Crippen LogP contribution in [0.3, 0.4) is 0 Å². The van der Waals surface area contributed by atoms with Gasteiger partial charge in [0.25, 0.3) is 0 Å². The van der Waals surface area contributed by atoms with Crippen molar-refractivity contribution in [1.29, 1.82) is 0 Å². The van der Waals surface area contributed by atoms with E-state index in [0.29, 0.717) is 90.2 Å². The highest BCUT2D eigenvalue weighted by molar-refractivity contribution is 5.92. The average Bonchev–Trinajstić information content (AvgIpc) is 3.28. The Morgan fingerprint density at radius 3 is 1.49 bits per heavy atom. The third-order valence-electron chi connectivity index (χ3n) is 14.0. The highest BCUT2D eigenvalue weighted by atomic mass is 16.5. The van der Waals surface area contributed by atoms with E-state index in [9.17, 15) is 24.6 Å². The Morgan fingerprint density at radius 1 is 0.554 bits per heavy atom. The van der Waals surface area contributed by atoms with E-state index in [4.69, 9.17) is 4.74 Å². The Labute approximate surface area is 401 Å². The molecule has 0 bridgehead atoms. The molecular weight excluding hydrogens is 811 g/mol. The number of nitrogens with zero attached hydrogens (tertiary/aromatic N) is 2. The molecule has 1 atom stereocenters. The van der Waals surface area contributed by atoms with Crippen LogP contribution in [-0.2, 0) is 19.1 Å². The van der Waals surface area contributed by atoms with Crippen molar-refractivity contribution in [2.45, 2.75) is 270 Å². The lowest BCUT2D eigenvalue weighted by Gasteiger charge is -2.49. The van der Waals surface area contributed by atoms with Crippen molar-refractivity contribution in [2.24, 2.45) is 5.92 Å². The monoisotopic (exact) mass is 918 g/mol. The van der Waals surface area contributed by atoms with E-state index in [-0.39, 0.29) is 31.0 Å². The number of allylic oxidation sites excluding steroid dienone is 2. The molecule has 65 heavy (non-hydrogen) atoms. The fraction of sp³-hybridized carbons (Fsp3) is 0.911. The molecule has 1 aliphatic rings. The van der Waals surface area contributed by atoms with Gasteiger partial charge < -0.3 is 25.2 Å². The first kappa shape index (κ1) is 61.0. The molecule has 0 aromatic carbocycles. The Hall–Kier alpha value is -1.97. The molecule has 0 aromatic heterocycles. The number of carbonyl (C=O) groups is 3. The first-order valence-corrected chi connectivity index (χ1v) is 28.2. The number of hydrogen-bond acceptors (Lipinski definition) is 7. The number of unbranched alkanes of at least 4 members (excludes halogenated alkanes) is 25. The molecule has 0 aromatic rings. The van der Waals surface area contributed by atoms with Crippen LogP contribution in [0.5, 0.6) is 0 Å². The van der Waals surface area contributed by atoms with E-state index in [1.54, 1.807) is 0 Å². The summed E-state index contributed by atoms with van der Waals surface area (Å²) in [5.74, 6) is 0.217. The molecule has 1 unspecified atom stereocenters. The minimum absolute atomic E-state index is 0.00710. The van der Waals surface area contributed by atoms with E-state index in [2.05, 4.69) is 38.2 Å². The quantitative estimate of drug-likeness (QED) is 0.0316. The lowest BCUT2D eigenvalue weighted by atomic mass is 9.74. The number of hydrogen-bond donors (Lipinski definition) is 3. The number of nitrogens with one attached hydrogen (secondary N) is 1. The molecule has 1 aliphatic carbocycles. The topological polar surface area (TPSA) is 119 Å². The van der Waals surface area contributed by atoms with Gasteiger partial charge in [-0.25, -0.2) is 0 Å². The van der Waals surface area contributed by atoms with Gasteiger partial charge in [0.2, 0.25) is 11.8 Å². The molecule has 2 amide bonds. The van der Waals surface area contributed by atoms with E-state index >= 15 is 0 Å². The number of ether oxygens (including phenoxy) is 1. The molecule has 382 valence electrons. The van der Waals surface area contributed by atoms with Gasteiger partial charge in [-0.15, -0.1) is 0 Å². The minimum Gasteiger partial charge on any atom is -0.465 e. The van der Waals surface area contributed by atoms with Gasteiger partial charge >= 0.3 is 5.97 Å². The summed E-state index contributed by atoms with van der Waals surface area (Å²) < 4.78 is 5.88. The van der Waals surface area contributed by atoms with Gasteiger partial charge in [-0.2, -0.15) is 0 Å². The molecule has 0 saturated heterocycles. The van der Waals surface area contributed by atoms with E-state index in [0.717, 1.165) is 32.1 Å². The van der Waals surface area contributed by atoms with Crippen LogP contribution in [0, 0.1) is 5.92 Å². The Balaban J connectivity index is 2.60. The SMILES string of the molecule is CCCCCCCC/C=C\CCCCCCCCNC(=O)C1(N(CCCN(CCO)CCO)C(=O)CCCCC(=O)OCC(CCCCCCCC)CCCCCCCCCC)CCC1. The van der Waals surface area contributed by atoms with Crippen LogP contribution in [0.1, 0.15) is 265 Å². The van der Waals surface area contributed by atoms with Crippen LogP contribution in [0.15, 0.2) is 12.2 Å². The maximum Gasteiger partial charge on any atom is 0.305 e. The fourth-order valence-electron chi connectivity index (χ4n) is 9.57. The van der Waals surface area contributed by atoms with Crippen molar-refractivity contribution in [3.63, 3.8) is 0 Å². The van der Waals surface area contributed by atoms with Gasteiger partial charge in [-0.1, -0.05) is 181 Å². The highest BCUT2D eigenvalue weighted by Crippen LogP contribution is 2.39. The summed E-state index contributed by atoms with van der Waals surface area (Å²) in [4.78, 5) is 44.8. The third-order valence-corrected chi connectivity index (χ3v) is 14.0. The van der Waals surface area contributed by atoms with Crippen molar-refractivity contribution >= 4 is 17.8 Å². The zero-order valence-corrected chi connectivity index (χ0v) is 43.2. The van der Waals surface area contributed by atoms with Crippen LogP contribution in [0.4, 0.5) is 0 Å². The fourth-order valence-corrected chi connectivity index (χ4v) is 9.57. The molecule has 0 spiro atoms. The summed E-state index contributed by atoms with van der Waals surface area (Å²) in [7, 11) is 0. The van der Waals surface area contributed by atoms with Crippen molar-refractivity contribution in [3.8, 4) is 0 Å². The van der Waals surface area contributed by atoms with Gasteiger partial charge in [0.05, 0.1) is 19.8 Å². The zero-order valence-electron chi connectivity index (χ0n) is 43.2. The normalized spacial score (nSPS) is 13.9. The second-order valence-electron chi connectivity index (χ2n) is 19.8. The zero-order chi connectivity index (χ0) is 47.3. The van der Waals surface area contributed by atoms with Crippen molar-refractivity contribution in [3.05, 3.63) is 12.2 Å². The van der Waals surface area contributed by atoms with Gasteiger partial charge in [0, 0.05) is 45.6 Å². The number of amides is 2. The van der Waals surface area contributed by atoms with Gasteiger partial charge in [-0.05, 0) is 89.4 Å². The summed E-state index contributed by atoms with van der Waals surface area (Å²) in [6.07, 6.45) is 47.3. The second kappa shape index (κ2) is 44.5. The van der Waals surface area contributed by atoms with E-state index < -0.39 is 5.54 Å². The van der Waals surface area contributed by atoms with Gasteiger partial charge in [-0.3, -0.25) is 19.3 Å². The predicted molar refractivity (Wildman–Crippen MR) is 274 cm³/mol. The maximum absolute atomic E-state index is 14.0. The first-order valence-electron chi connectivity index (χ1n) is 28.2. The first-order chi connectivity index (χ1) is 31.9. The lowest BCUT2D eigenvalue weighted by Crippen LogP contribution is -2.65. The molecule has 9 heteroatoms. The Kier molecular flexibility index (Phi) is 41.8. The maximum atomic E-state index is 14.0. The third kappa shape index (κ3) is 32.4. The van der Waals surface area contributed by atoms with E-state index in [1.165, 1.54) is 167 Å². The highest BCUT2D eigenvalue weighted by Gasteiger charge is 2.50. The van der Waals surface area contributed by atoms with Crippen molar-refractivity contribution in [2.75, 3.05) is 52.5 Å². The minimum atomic E-state index is -0.822. The lowest BCUT2D eigenvalue weighted by molar-refractivity contribution is -0.154. The summed E-state index contributed by atoms with van der Waals surface area (Å²) >= 11 is 0. The standard InChI is InChI=1S/C56H107N3O6/c1-4-7-10-13-16-18-19-20-21-22-23-24-25-27-30-35-44-57-55(64)56(42-36-43-56)59(46-37-45-58(47-49-60)48-50-61)53(62)40-33-34-41-54(63)65-51-52(38-31-28-15-12-9-6-3)39-32-29-26-17-14-11-8-5-2/h20-21,52,60-61H,4-19,22-51H2,1-3H3,(H,57,64)/b21-20-. The molecule has 1 saturated carbocycles. The average molecular weight is 918 g/mol. The Morgan fingerprint density at radius 2 is 1.02 bits per heavy atom. The van der Waals surface area contributed by atoms with Crippen molar-refractivity contribution < 1.29 is 29.3 Å². The van der Waals surface area contributed by atoms with Crippen LogP contribution < -0.4 is 5.32 Å². The molecule has 0 aliphatic heterocycles. The summed E-state index contributed by atoms with van der Waals surface area (Å²) in [6.45, 7) is 9.95. The number of esters is 1. The summed E-state index contributed by atoms with van der Waals surface area (Å²) in [6, 6.07) is 0. The molecule has 3 N–H and O–H groups in total. The molecule has 9 nitrogen and oxygen atoms in total. The smallest absolute Gasteiger partial charge is 0.305 e. The Bertz CT molecular complexity index is 1120. The molecule has 1 rings (SSSR count). The summed E-state index contributed by atoms with van der Waals surface area (Å²) in [5, 5.41) is 22.3. The van der Waals surface area contributed by atoms with Crippen LogP contribution in [0.2, 0.25) is 0 Å².